The van der Waals surface area contributed by atoms with Crippen LogP contribution in [0.25, 0.3) is 11.1 Å². The Morgan fingerprint density at radius 1 is 1.03 bits per heavy atom. The molecule has 3 aromatic carbocycles. The average molecular weight is 490 g/mol. The molecule has 0 saturated carbocycles. The maximum atomic E-state index is 14.1. The minimum absolute atomic E-state index is 0.0317. The van der Waals surface area contributed by atoms with Crippen LogP contribution in [-0.2, 0) is 15.1 Å². The maximum absolute atomic E-state index is 14.1. The highest BCUT2D eigenvalue weighted by molar-refractivity contribution is 5.79. The summed E-state index contributed by atoms with van der Waals surface area (Å²) in [5, 5.41) is 11.6. The fourth-order valence-electron chi connectivity index (χ4n) is 6.21. The highest BCUT2D eigenvalue weighted by Gasteiger charge is 2.50. The first kappa shape index (κ1) is 23.0. The van der Waals surface area contributed by atoms with Crippen molar-refractivity contribution >= 4 is 6.09 Å². The summed E-state index contributed by atoms with van der Waals surface area (Å²) >= 11 is 0. The zero-order chi connectivity index (χ0) is 24.9. The Kier molecular flexibility index (Phi) is 5.69. The molecular weight excluding hydrogens is 461 g/mol. The number of hydrogen-bond acceptors (Lipinski definition) is 5. The number of carbonyl (C=O) groups excluding carboxylic acids is 1. The van der Waals surface area contributed by atoms with Crippen molar-refractivity contribution < 1.29 is 28.5 Å². The van der Waals surface area contributed by atoms with Crippen LogP contribution in [0.3, 0.4) is 0 Å². The minimum atomic E-state index is -1.34. The van der Waals surface area contributed by atoms with Gasteiger partial charge >= 0.3 is 6.09 Å². The molecule has 186 valence electrons. The van der Waals surface area contributed by atoms with Crippen molar-refractivity contribution in [1.82, 2.24) is 4.90 Å². The Balaban J connectivity index is 1.22. The Labute approximate surface area is 209 Å². The van der Waals surface area contributed by atoms with E-state index in [2.05, 4.69) is 24.3 Å². The van der Waals surface area contributed by atoms with Crippen LogP contribution in [0.4, 0.5) is 9.18 Å². The summed E-state index contributed by atoms with van der Waals surface area (Å²) in [6, 6.07) is 19.8. The van der Waals surface area contributed by atoms with Gasteiger partial charge in [-0.15, -0.1) is 0 Å². The van der Waals surface area contributed by atoms with Gasteiger partial charge in [0.2, 0.25) is 0 Å². The van der Waals surface area contributed by atoms with E-state index in [1.165, 1.54) is 36.4 Å². The van der Waals surface area contributed by atoms with Crippen molar-refractivity contribution in [2.24, 2.45) is 0 Å². The Morgan fingerprint density at radius 3 is 2.25 bits per heavy atom. The van der Waals surface area contributed by atoms with E-state index in [9.17, 15) is 14.3 Å². The molecule has 3 aliphatic rings. The molecule has 1 N–H and O–H groups in total. The van der Waals surface area contributed by atoms with Crippen LogP contribution in [0.2, 0.25) is 0 Å². The summed E-state index contributed by atoms with van der Waals surface area (Å²) in [4.78, 5) is 15.1. The molecule has 36 heavy (non-hydrogen) atoms. The largest absolute Gasteiger partial charge is 0.496 e. The third-order valence-corrected chi connectivity index (χ3v) is 7.76. The van der Waals surface area contributed by atoms with E-state index in [4.69, 9.17) is 14.2 Å². The molecule has 2 unspecified atom stereocenters. The summed E-state index contributed by atoms with van der Waals surface area (Å²) in [6.07, 6.45) is -0.00971. The number of rotatable bonds is 4. The fourth-order valence-corrected chi connectivity index (χ4v) is 6.21. The summed E-state index contributed by atoms with van der Waals surface area (Å²) in [5.74, 6) is -0.0530. The Hall–Kier alpha value is -3.42. The van der Waals surface area contributed by atoms with Gasteiger partial charge in [0.05, 0.1) is 38.0 Å². The maximum Gasteiger partial charge on any atom is 0.410 e. The van der Waals surface area contributed by atoms with Crippen LogP contribution in [0, 0.1) is 5.82 Å². The smallest absolute Gasteiger partial charge is 0.410 e. The number of ether oxygens (including phenoxy) is 3. The van der Waals surface area contributed by atoms with Crippen LogP contribution in [-0.4, -0.2) is 55.1 Å². The van der Waals surface area contributed by atoms with E-state index in [0.717, 1.165) is 11.1 Å². The average Bonchev–Trinajstić information content (AvgIpc) is 3.20. The van der Waals surface area contributed by atoms with E-state index < -0.39 is 29.6 Å². The number of carbonyl (C=O) groups is 1. The number of halogens is 1. The van der Waals surface area contributed by atoms with Gasteiger partial charge in [-0.2, -0.15) is 0 Å². The van der Waals surface area contributed by atoms with Crippen LogP contribution >= 0.6 is 0 Å². The van der Waals surface area contributed by atoms with Crippen LogP contribution in [0.5, 0.6) is 5.75 Å². The Morgan fingerprint density at radius 2 is 1.64 bits per heavy atom. The van der Waals surface area contributed by atoms with E-state index in [1.54, 1.807) is 4.90 Å². The second-order valence-electron chi connectivity index (χ2n) is 9.84. The molecule has 2 saturated heterocycles. The number of methoxy groups -OCH3 is 1. The first-order valence-electron chi connectivity index (χ1n) is 12.3. The monoisotopic (exact) mass is 489 g/mol. The SMILES string of the molecule is COc1ccc(F)cc1C1(O)CC2COCC(C1)N2C(=O)OCC1c2ccccc2-c2ccccc21. The summed E-state index contributed by atoms with van der Waals surface area (Å²) in [6.45, 7) is 0.785. The van der Waals surface area contributed by atoms with Gasteiger partial charge in [-0.1, -0.05) is 48.5 Å². The van der Waals surface area contributed by atoms with Crippen LogP contribution < -0.4 is 4.74 Å². The number of amides is 1. The minimum Gasteiger partial charge on any atom is -0.496 e. The second-order valence-corrected chi connectivity index (χ2v) is 9.84. The normalized spacial score (nSPS) is 24.7. The van der Waals surface area contributed by atoms with Crippen molar-refractivity contribution in [1.29, 1.82) is 0 Å². The number of morpholine rings is 1. The molecule has 7 heteroatoms. The molecule has 3 aromatic rings. The number of piperidine rings is 1. The molecule has 2 aliphatic heterocycles. The summed E-state index contributed by atoms with van der Waals surface area (Å²) in [7, 11) is 1.50. The third kappa shape index (κ3) is 3.74. The van der Waals surface area contributed by atoms with E-state index in [0.29, 0.717) is 11.3 Å². The van der Waals surface area contributed by atoms with Crippen molar-refractivity contribution in [2.75, 3.05) is 26.9 Å². The van der Waals surface area contributed by atoms with Crippen molar-refractivity contribution in [3.8, 4) is 16.9 Å². The first-order chi connectivity index (χ1) is 17.5. The van der Waals surface area contributed by atoms with Gasteiger partial charge < -0.3 is 19.3 Å². The lowest BCUT2D eigenvalue weighted by Crippen LogP contribution is -2.62. The molecule has 6 nitrogen and oxygen atoms in total. The number of aliphatic hydroxyl groups is 1. The van der Waals surface area contributed by atoms with Crippen molar-refractivity contribution in [3.63, 3.8) is 0 Å². The lowest BCUT2D eigenvalue weighted by molar-refractivity contribution is -0.137. The van der Waals surface area contributed by atoms with E-state index in [1.807, 2.05) is 24.3 Å². The summed E-state index contributed by atoms with van der Waals surface area (Å²) in [5.41, 5.74) is 3.71. The molecule has 1 aliphatic carbocycles. The molecule has 2 fully saturated rings. The Bertz CT molecular complexity index is 1250. The zero-order valence-corrected chi connectivity index (χ0v) is 20.0. The fraction of sp³-hybridized carbons (Fsp3) is 0.345. The predicted molar refractivity (Wildman–Crippen MR) is 131 cm³/mol. The van der Waals surface area contributed by atoms with Gasteiger partial charge in [-0.25, -0.2) is 9.18 Å². The van der Waals surface area contributed by atoms with Gasteiger partial charge in [0.25, 0.3) is 0 Å². The van der Waals surface area contributed by atoms with E-state index >= 15 is 0 Å². The molecule has 0 radical (unpaired) electrons. The molecule has 2 bridgehead atoms. The summed E-state index contributed by atoms with van der Waals surface area (Å²) < 4.78 is 31.1. The second kappa shape index (κ2) is 8.91. The highest BCUT2D eigenvalue weighted by atomic mass is 19.1. The van der Waals surface area contributed by atoms with Crippen LogP contribution in [0.15, 0.2) is 66.7 Å². The van der Waals surface area contributed by atoms with Gasteiger partial charge in [-0.3, -0.25) is 4.90 Å². The zero-order valence-electron chi connectivity index (χ0n) is 20.0. The molecule has 0 spiro atoms. The molecule has 0 aromatic heterocycles. The van der Waals surface area contributed by atoms with Gasteiger partial charge in [-0.05, 0) is 40.5 Å². The van der Waals surface area contributed by atoms with Gasteiger partial charge in [0, 0.05) is 24.3 Å². The van der Waals surface area contributed by atoms with Gasteiger partial charge in [0.15, 0.2) is 0 Å². The molecule has 6 rings (SSSR count). The number of hydrogen-bond donors (Lipinski definition) is 1. The van der Waals surface area contributed by atoms with Gasteiger partial charge in [0.1, 0.15) is 18.2 Å². The lowest BCUT2D eigenvalue weighted by Gasteiger charge is -2.51. The van der Waals surface area contributed by atoms with Crippen molar-refractivity contribution in [2.45, 2.75) is 36.4 Å². The topological polar surface area (TPSA) is 68.2 Å². The lowest BCUT2D eigenvalue weighted by atomic mass is 9.76. The third-order valence-electron chi connectivity index (χ3n) is 7.76. The number of nitrogens with zero attached hydrogens (tertiary/aromatic N) is 1. The van der Waals surface area contributed by atoms with Crippen molar-refractivity contribution in [3.05, 3.63) is 89.2 Å². The molecule has 1 amide bonds. The molecule has 2 heterocycles. The molecule has 2 atom stereocenters. The molecular formula is C29H28FNO5. The number of fused-ring (bicyclic) bond motifs is 5. The van der Waals surface area contributed by atoms with E-state index in [-0.39, 0.29) is 38.6 Å². The predicted octanol–water partition coefficient (Wildman–Crippen LogP) is 4.83. The first-order valence-corrected chi connectivity index (χ1v) is 12.3. The quantitative estimate of drug-likeness (QED) is 0.568. The standard InChI is InChI=1S/C29H28FNO5/c1-34-27-11-10-18(30)12-26(27)29(33)13-19-15-35-16-20(14-29)31(19)28(32)36-17-25-23-8-4-2-6-21(23)22-7-3-5-9-24(22)25/h2-12,19-20,25,33H,13-17H2,1H3. The van der Waals surface area contributed by atoms with Crippen LogP contribution in [0.1, 0.15) is 35.4 Å². The number of benzene rings is 3. The highest BCUT2D eigenvalue weighted by Crippen LogP contribution is 2.46.